The molecule has 2 fully saturated rings. The fraction of sp³-hybridized carbons (Fsp3) is 0.343. The number of anilines is 1. The first kappa shape index (κ1) is 32.5. The average molecular weight is 661 g/mol. The van der Waals surface area contributed by atoms with Gasteiger partial charge in [0.05, 0.1) is 22.7 Å². The summed E-state index contributed by atoms with van der Waals surface area (Å²) in [7, 11) is -0.0372. The molecule has 12 heteroatoms. The predicted octanol–water partition coefficient (Wildman–Crippen LogP) is 4.07. The zero-order valence-corrected chi connectivity index (χ0v) is 27.2. The molecule has 6 rings (SSSR count). The quantitative estimate of drug-likeness (QED) is 0.209. The van der Waals surface area contributed by atoms with Crippen molar-refractivity contribution in [2.75, 3.05) is 45.2 Å². The van der Waals surface area contributed by atoms with Crippen LogP contribution in [-0.2, 0) is 36.5 Å². The van der Waals surface area contributed by atoms with Crippen LogP contribution in [0.25, 0.3) is 5.76 Å². The van der Waals surface area contributed by atoms with Gasteiger partial charge in [0.1, 0.15) is 11.6 Å². The number of benzene rings is 3. The lowest BCUT2D eigenvalue weighted by molar-refractivity contribution is -0.143. The van der Waals surface area contributed by atoms with Crippen molar-refractivity contribution in [3.05, 3.63) is 101 Å². The van der Waals surface area contributed by atoms with Crippen molar-refractivity contribution in [3.63, 3.8) is 0 Å². The number of aliphatic hydroxyl groups excluding tert-OH is 1. The van der Waals surface area contributed by atoms with Crippen LogP contribution in [0.5, 0.6) is 0 Å². The van der Waals surface area contributed by atoms with Gasteiger partial charge in [-0.05, 0) is 76.3 Å². The number of rotatable bonds is 9. The average Bonchev–Trinajstić information content (AvgIpc) is 3.44. The molecular weight excluding hydrogens is 623 g/mol. The Morgan fingerprint density at radius 3 is 2.26 bits per heavy atom. The third kappa shape index (κ3) is 5.43. The van der Waals surface area contributed by atoms with E-state index in [4.69, 9.17) is 0 Å². The zero-order chi connectivity index (χ0) is 33.5. The molecule has 0 aliphatic carbocycles. The second-order valence-electron chi connectivity index (χ2n) is 12.4. The summed E-state index contributed by atoms with van der Waals surface area (Å²) in [6.45, 7) is 1.26. The molecule has 3 aliphatic rings. The predicted molar refractivity (Wildman–Crippen MR) is 174 cm³/mol. The molecule has 0 radical (unpaired) electrons. The van der Waals surface area contributed by atoms with E-state index in [1.54, 1.807) is 42.5 Å². The normalized spacial score (nSPS) is 21.3. The lowest BCUT2D eigenvalue weighted by Crippen LogP contribution is -2.52. The minimum atomic E-state index is -3.77. The van der Waals surface area contributed by atoms with Crippen LogP contribution in [-0.4, -0.2) is 85.5 Å². The Bertz CT molecular complexity index is 1870. The fourth-order valence-electron chi connectivity index (χ4n) is 6.85. The van der Waals surface area contributed by atoms with Crippen LogP contribution in [0, 0.1) is 5.82 Å². The smallest absolute Gasteiger partial charge is 0.296 e. The molecule has 3 aliphatic heterocycles. The van der Waals surface area contributed by atoms with Gasteiger partial charge in [0.15, 0.2) is 5.54 Å². The Labute approximate surface area is 273 Å². The summed E-state index contributed by atoms with van der Waals surface area (Å²) < 4.78 is 42.8. The first-order chi connectivity index (χ1) is 22.5. The van der Waals surface area contributed by atoms with E-state index in [1.807, 2.05) is 19.0 Å². The first-order valence-electron chi connectivity index (χ1n) is 15.7. The number of hydrogen-bond donors (Lipinski definition) is 1. The van der Waals surface area contributed by atoms with Crippen molar-refractivity contribution in [1.82, 2.24) is 14.1 Å². The van der Waals surface area contributed by atoms with Crippen LogP contribution in [0.1, 0.15) is 42.4 Å². The third-order valence-corrected chi connectivity index (χ3v) is 11.1. The van der Waals surface area contributed by atoms with Crippen LogP contribution in [0.3, 0.4) is 0 Å². The van der Waals surface area contributed by atoms with Crippen molar-refractivity contribution in [1.29, 1.82) is 0 Å². The maximum absolute atomic E-state index is 14.9. The minimum absolute atomic E-state index is 0.0279. The van der Waals surface area contributed by atoms with E-state index >= 15 is 0 Å². The van der Waals surface area contributed by atoms with Crippen LogP contribution < -0.4 is 4.90 Å². The molecule has 0 unspecified atom stereocenters. The van der Waals surface area contributed by atoms with E-state index in [9.17, 15) is 32.3 Å². The lowest BCUT2D eigenvalue weighted by atomic mass is 9.82. The SMILES string of the molecule is CN(C)CCCN1C(=O)C(=O)C(=C(O)c2ccc(S(=O)(=O)N3CCCCC3)cc2)[C@]12C(=O)N(Cc1ccccc1F)c1ccccc12. The highest BCUT2D eigenvalue weighted by atomic mass is 32.2. The van der Waals surface area contributed by atoms with Crippen molar-refractivity contribution in [2.45, 2.75) is 42.7 Å². The molecule has 3 heterocycles. The first-order valence-corrected chi connectivity index (χ1v) is 17.1. The number of ketones is 1. The molecule has 47 heavy (non-hydrogen) atoms. The second kappa shape index (κ2) is 12.7. The third-order valence-electron chi connectivity index (χ3n) is 9.16. The minimum Gasteiger partial charge on any atom is -0.507 e. The second-order valence-corrected chi connectivity index (χ2v) is 14.3. The Balaban J connectivity index is 1.49. The zero-order valence-electron chi connectivity index (χ0n) is 26.4. The molecule has 246 valence electrons. The number of halogens is 1. The summed E-state index contributed by atoms with van der Waals surface area (Å²) in [5.74, 6) is -3.76. The molecular formula is C35H37FN4O6S. The van der Waals surface area contributed by atoms with Crippen molar-refractivity contribution in [2.24, 2.45) is 0 Å². The molecule has 2 saturated heterocycles. The van der Waals surface area contributed by atoms with Crippen molar-refractivity contribution < 1.29 is 32.3 Å². The number of sulfonamides is 1. The molecule has 3 aromatic rings. The molecule has 0 bridgehead atoms. The molecule has 10 nitrogen and oxygen atoms in total. The molecule has 1 N–H and O–H groups in total. The topological polar surface area (TPSA) is 119 Å². The van der Waals surface area contributed by atoms with E-state index in [0.29, 0.717) is 37.3 Å². The molecule has 0 saturated carbocycles. The van der Waals surface area contributed by atoms with Gasteiger partial charge in [-0.2, -0.15) is 4.31 Å². The van der Waals surface area contributed by atoms with Crippen LogP contribution in [0.2, 0.25) is 0 Å². The number of amides is 2. The highest BCUT2D eigenvalue weighted by Crippen LogP contribution is 2.54. The molecule has 3 aromatic carbocycles. The molecule has 1 spiro atoms. The molecule has 0 aromatic heterocycles. The highest BCUT2D eigenvalue weighted by Gasteiger charge is 2.67. The standard InChI is InChI=1S/C35H37FN4O6S/c1-37(2)19-10-22-40-33(43)32(42)30(31(41)24-15-17-26(18-16-24)47(45,46)38-20-8-3-9-21-38)35(40)27-12-5-7-14-29(27)39(34(35)44)23-25-11-4-6-13-28(25)36/h4-7,11-18,41H,3,8-10,19-23H2,1-2H3/t35-/m1/s1. The summed E-state index contributed by atoms with van der Waals surface area (Å²) in [6, 6.07) is 18.2. The summed E-state index contributed by atoms with van der Waals surface area (Å²) in [5.41, 5.74) is -1.42. The summed E-state index contributed by atoms with van der Waals surface area (Å²) in [5, 5.41) is 11.9. The van der Waals surface area contributed by atoms with Gasteiger partial charge in [-0.1, -0.05) is 42.8 Å². The van der Waals surface area contributed by atoms with Gasteiger partial charge in [0.2, 0.25) is 10.0 Å². The number of likely N-dealkylation sites (tertiary alicyclic amines) is 1. The Morgan fingerprint density at radius 1 is 0.915 bits per heavy atom. The Morgan fingerprint density at radius 2 is 1.57 bits per heavy atom. The van der Waals surface area contributed by atoms with E-state index in [2.05, 4.69) is 0 Å². The van der Waals surface area contributed by atoms with E-state index in [1.165, 1.54) is 44.4 Å². The van der Waals surface area contributed by atoms with Crippen LogP contribution >= 0.6 is 0 Å². The van der Waals surface area contributed by atoms with Crippen molar-refractivity contribution >= 4 is 39.1 Å². The van der Waals surface area contributed by atoms with Gasteiger partial charge in [-0.15, -0.1) is 0 Å². The highest BCUT2D eigenvalue weighted by molar-refractivity contribution is 7.89. The monoisotopic (exact) mass is 660 g/mol. The van der Waals surface area contributed by atoms with Gasteiger partial charge >= 0.3 is 0 Å². The van der Waals surface area contributed by atoms with Crippen LogP contribution in [0.15, 0.2) is 83.3 Å². The van der Waals surface area contributed by atoms with Gasteiger partial charge < -0.3 is 19.8 Å². The number of fused-ring (bicyclic) bond motifs is 2. The largest absolute Gasteiger partial charge is 0.507 e. The number of hydrogen-bond acceptors (Lipinski definition) is 7. The Kier molecular flexibility index (Phi) is 8.77. The van der Waals surface area contributed by atoms with Crippen LogP contribution in [0.4, 0.5) is 10.1 Å². The summed E-state index contributed by atoms with van der Waals surface area (Å²) in [4.78, 5) is 47.1. The lowest BCUT2D eigenvalue weighted by Gasteiger charge is -2.35. The van der Waals surface area contributed by atoms with E-state index < -0.39 is 50.3 Å². The summed E-state index contributed by atoms with van der Waals surface area (Å²) >= 11 is 0. The van der Waals surface area contributed by atoms with Gasteiger partial charge in [-0.3, -0.25) is 14.4 Å². The van der Waals surface area contributed by atoms with Gasteiger partial charge in [0.25, 0.3) is 17.6 Å². The number of carbonyl (C=O) groups excluding carboxylic acids is 3. The number of aliphatic hydroxyl groups is 1. The number of nitrogens with zero attached hydrogens (tertiary/aromatic N) is 4. The maximum atomic E-state index is 14.9. The van der Waals surface area contributed by atoms with Crippen molar-refractivity contribution in [3.8, 4) is 0 Å². The van der Waals surface area contributed by atoms with Gasteiger partial charge in [-0.25, -0.2) is 12.8 Å². The van der Waals surface area contributed by atoms with E-state index in [0.717, 1.165) is 19.3 Å². The number of Topliss-reactive ketones (excluding diaryl/α,β-unsaturated/α-hetero) is 1. The number of carbonyl (C=O) groups is 3. The molecule has 2 amide bonds. The maximum Gasteiger partial charge on any atom is 0.296 e. The Hall–Kier alpha value is -4.39. The van der Waals surface area contributed by atoms with E-state index in [-0.39, 0.29) is 29.1 Å². The fourth-order valence-corrected chi connectivity index (χ4v) is 8.37. The van der Waals surface area contributed by atoms with Gasteiger partial charge in [0, 0.05) is 36.3 Å². The molecule has 1 atom stereocenters. The number of piperidine rings is 1. The summed E-state index contributed by atoms with van der Waals surface area (Å²) in [6.07, 6.45) is 2.94. The number of para-hydroxylation sites is 1.